The molecule has 0 heterocycles. The van der Waals surface area contributed by atoms with Crippen molar-refractivity contribution < 1.29 is 18.7 Å². The monoisotopic (exact) mass is 239 g/mol. The van der Waals surface area contributed by atoms with Crippen molar-refractivity contribution in [2.75, 3.05) is 13.8 Å². The van der Waals surface area contributed by atoms with Crippen LogP contribution in [0.2, 0.25) is 0 Å². The molecular weight excluding hydrogens is 228 g/mol. The Morgan fingerprint density at radius 3 is 2.71 bits per heavy atom. The Morgan fingerprint density at radius 1 is 1.41 bits per heavy atom. The molecule has 0 atom stereocenters. The Kier molecular flexibility index (Phi) is 2.93. The molecule has 0 unspecified atom stereocenters. The van der Waals surface area contributed by atoms with Crippen LogP contribution in [0.4, 0.5) is 8.78 Å². The smallest absolute Gasteiger partial charge is 0.251 e. The van der Waals surface area contributed by atoms with Crippen LogP contribution in [-0.4, -0.2) is 29.7 Å². The lowest BCUT2D eigenvalue weighted by Crippen LogP contribution is -2.28. The molecule has 0 fully saturated rings. The van der Waals surface area contributed by atoms with Crippen molar-refractivity contribution in [3.8, 4) is 0 Å². The zero-order valence-corrected chi connectivity index (χ0v) is 9.20. The molecule has 0 aromatic heterocycles. The predicted octanol–water partition coefficient (Wildman–Crippen LogP) is 1.31. The number of halogens is 2. The molecule has 2 rings (SSSR count). The largest absolute Gasteiger partial charge is 0.376 e. The van der Waals surface area contributed by atoms with Gasteiger partial charge < -0.3 is 10.0 Å². The standard InChI is InChI=1S/C12H11F2NO2/c1-15(6-16)12(17)9-2-7-4-10(13)11(14)5-8(7)3-9/h2,4-5,16H,3,6H2,1H3. The second-order valence-corrected chi connectivity index (χ2v) is 3.96. The molecule has 17 heavy (non-hydrogen) atoms. The first-order valence-electron chi connectivity index (χ1n) is 5.07. The third-order valence-corrected chi connectivity index (χ3v) is 2.73. The molecule has 5 heteroatoms. The lowest BCUT2D eigenvalue weighted by Gasteiger charge is -2.13. The Balaban J connectivity index is 2.29. The molecule has 1 aromatic carbocycles. The first-order valence-corrected chi connectivity index (χ1v) is 5.07. The number of carbonyl (C=O) groups is 1. The normalized spacial score (nSPS) is 13.3. The summed E-state index contributed by atoms with van der Waals surface area (Å²) in [6.45, 7) is -0.394. The van der Waals surface area contributed by atoms with Gasteiger partial charge in [0.25, 0.3) is 5.91 Å². The number of benzene rings is 1. The van der Waals surface area contributed by atoms with E-state index in [4.69, 9.17) is 5.11 Å². The number of aliphatic hydroxyl groups is 1. The molecule has 1 aliphatic carbocycles. The molecule has 0 radical (unpaired) electrons. The maximum atomic E-state index is 13.0. The topological polar surface area (TPSA) is 40.5 Å². The van der Waals surface area contributed by atoms with Crippen molar-refractivity contribution in [3.05, 3.63) is 40.5 Å². The van der Waals surface area contributed by atoms with Crippen LogP contribution in [-0.2, 0) is 11.2 Å². The highest BCUT2D eigenvalue weighted by molar-refractivity contribution is 6.00. The lowest BCUT2D eigenvalue weighted by atomic mass is 10.1. The van der Waals surface area contributed by atoms with Gasteiger partial charge in [0.15, 0.2) is 11.6 Å². The molecule has 90 valence electrons. The first kappa shape index (κ1) is 11.7. The average molecular weight is 239 g/mol. The maximum absolute atomic E-state index is 13.0. The van der Waals surface area contributed by atoms with E-state index in [1.807, 2.05) is 0 Å². The second-order valence-electron chi connectivity index (χ2n) is 3.96. The first-order chi connectivity index (χ1) is 8.02. The van der Waals surface area contributed by atoms with Crippen LogP contribution in [0.3, 0.4) is 0 Å². The number of fused-ring (bicyclic) bond motifs is 1. The third kappa shape index (κ3) is 2.06. The van der Waals surface area contributed by atoms with Crippen molar-refractivity contribution in [1.82, 2.24) is 4.90 Å². The van der Waals surface area contributed by atoms with E-state index < -0.39 is 18.4 Å². The minimum absolute atomic E-state index is 0.260. The molecule has 0 saturated heterocycles. The molecular formula is C12H11F2NO2. The van der Waals surface area contributed by atoms with Crippen molar-refractivity contribution in [1.29, 1.82) is 0 Å². The number of hydrogen-bond donors (Lipinski definition) is 1. The summed E-state index contributed by atoms with van der Waals surface area (Å²) in [5, 5.41) is 8.83. The Morgan fingerprint density at radius 2 is 2.06 bits per heavy atom. The lowest BCUT2D eigenvalue weighted by molar-refractivity contribution is -0.128. The van der Waals surface area contributed by atoms with Crippen molar-refractivity contribution in [2.24, 2.45) is 0 Å². The number of nitrogens with zero attached hydrogens (tertiary/aromatic N) is 1. The maximum Gasteiger partial charge on any atom is 0.251 e. The van der Waals surface area contributed by atoms with Crippen LogP contribution in [0.25, 0.3) is 6.08 Å². The van der Waals surface area contributed by atoms with Gasteiger partial charge in [-0.05, 0) is 29.3 Å². The number of carbonyl (C=O) groups excluding carboxylic acids is 1. The predicted molar refractivity (Wildman–Crippen MR) is 57.9 cm³/mol. The summed E-state index contributed by atoms with van der Waals surface area (Å²) in [7, 11) is 1.45. The summed E-state index contributed by atoms with van der Waals surface area (Å²) in [4.78, 5) is 12.9. The molecule has 1 amide bonds. The van der Waals surface area contributed by atoms with Crippen LogP contribution < -0.4 is 0 Å². The fourth-order valence-electron chi connectivity index (χ4n) is 1.78. The quantitative estimate of drug-likeness (QED) is 0.790. The number of hydrogen-bond acceptors (Lipinski definition) is 2. The summed E-state index contributed by atoms with van der Waals surface area (Å²) in [5.41, 5.74) is 1.51. The van der Waals surface area contributed by atoms with Gasteiger partial charge in [-0.2, -0.15) is 0 Å². The summed E-state index contributed by atoms with van der Waals surface area (Å²) < 4.78 is 26.0. The van der Waals surface area contributed by atoms with Gasteiger partial charge in [-0.1, -0.05) is 0 Å². The minimum Gasteiger partial charge on any atom is -0.376 e. The van der Waals surface area contributed by atoms with Gasteiger partial charge >= 0.3 is 0 Å². The van der Waals surface area contributed by atoms with Crippen molar-refractivity contribution in [3.63, 3.8) is 0 Å². The van der Waals surface area contributed by atoms with Gasteiger partial charge in [0.2, 0.25) is 0 Å². The highest BCUT2D eigenvalue weighted by Gasteiger charge is 2.22. The van der Waals surface area contributed by atoms with E-state index in [1.54, 1.807) is 0 Å². The van der Waals surface area contributed by atoms with Gasteiger partial charge in [0, 0.05) is 19.0 Å². The Hall–Kier alpha value is -1.75. The van der Waals surface area contributed by atoms with Gasteiger partial charge in [-0.25, -0.2) is 8.78 Å². The Labute approximate surface area is 97.0 Å². The summed E-state index contributed by atoms with van der Waals surface area (Å²) in [6, 6.07) is 2.17. The van der Waals surface area contributed by atoms with Crippen molar-refractivity contribution in [2.45, 2.75) is 6.42 Å². The molecule has 3 nitrogen and oxygen atoms in total. The Bertz CT molecular complexity index is 511. The number of aliphatic hydroxyl groups excluding tert-OH is 1. The number of amides is 1. The SMILES string of the molecule is CN(CO)C(=O)C1=Cc2cc(F)c(F)cc2C1. The van der Waals surface area contributed by atoms with Crippen molar-refractivity contribution >= 4 is 12.0 Å². The molecule has 0 saturated carbocycles. The van der Waals surface area contributed by atoms with E-state index in [1.165, 1.54) is 13.1 Å². The fourth-order valence-corrected chi connectivity index (χ4v) is 1.78. The average Bonchev–Trinajstić information content (AvgIpc) is 2.70. The molecule has 1 N–H and O–H groups in total. The van der Waals surface area contributed by atoms with E-state index >= 15 is 0 Å². The van der Waals surface area contributed by atoms with E-state index in [2.05, 4.69) is 0 Å². The molecule has 1 aliphatic rings. The van der Waals surface area contributed by atoms with Crippen LogP contribution >= 0.6 is 0 Å². The van der Waals surface area contributed by atoms with E-state index in [9.17, 15) is 13.6 Å². The summed E-state index contributed by atoms with van der Waals surface area (Å²) in [6.07, 6.45) is 1.78. The zero-order chi connectivity index (χ0) is 12.6. The van der Waals surface area contributed by atoms with Crippen LogP contribution in [0.15, 0.2) is 17.7 Å². The van der Waals surface area contributed by atoms with E-state index in [0.717, 1.165) is 17.0 Å². The number of rotatable bonds is 2. The van der Waals surface area contributed by atoms with Gasteiger partial charge in [-0.15, -0.1) is 0 Å². The zero-order valence-electron chi connectivity index (χ0n) is 9.20. The highest BCUT2D eigenvalue weighted by Crippen LogP contribution is 2.27. The fraction of sp³-hybridized carbons (Fsp3) is 0.250. The molecule has 0 aliphatic heterocycles. The summed E-state index contributed by atoms with van der Waals surface area (Å²) >= 11 is 0. The molecule has 1 aromatic rings. The van der Waals surface area contributed by atoms with Crippen LogP contribution in [0.5, 0.6) is 0 Å². The third-order valence-electron chi connectivity index (χ3n) is 2.73. The van der Waals surface area contributed by atoms with Crippen LogP contribution in [0.1, 0.15) is 11.1 Å². The van der Waals surface area contributed by atoms with Crippen LogP contribution in [0, 0.1) is 11.6 Å². The molecule has 0 spiro atoms. The van der Waals surface area contributed by atoms with Gasteiger partial charge in [0.1, 0.15) is 6.73 Å². The minimum atomic E-state index is -0.927. The summed E-state index contributed by atoms with van der Waals surface area (Å²) in [5.74, 6) is -2.19. The molecule has 0 bridgehead atoms. The van der Waals surface area contributed by atoms with E-state index in [0.29, 0.717) is 16.7 Å². The van der Waals surface area contributed by atoms with E-state index in [-0.39, 0.29) is 12.3 Å². The number of likely N-dealkylation sites (N-methyl/N-ethyl adjacent to an activating group) is 1. The van der Waals surface area contributed by atoms with Gasteiger partial charge in [0.05, 0.1) is 0 Å². The highest BCUT2D eigenvalue weighted by atomic mass is 19.2. The van der Waals surface area contributed by atoms with Gasteiger partial charge in [-0.3, -0.25) is 4.79 Å². The second kappa shape index (κ2) is 4.25.